The Bertz CT molecular complexity index is 683. The molecule has 0 saturated heterocycles. The van der Waals surface area contributed by atoms with Crippen LogP contribution in [-0.4, -0.2) is 34.9 Å². The molecule has 1 fully saturated rings. The number of rotatable bonds is 6. The van der Waals surface area contributed by atoms with Crippen molar-refractivity contribution < 1.29 is 0 Å². The van der Waals surface area contributed by atoms with Gasteiger partial charge in [0.05, 0.1) is 11.3 Å². The van der Waals surface area contributed by atoms with Crippen molar-refractivity contribution in [2.75, 3.05) is 17.7 Å². The van der Waals surface area contributed by atoms with E-state index in [2.05, 4.69) is 39.6 Å². The molecule has 0 aromatic carbocycles. The van der Waals surface area contributed by atoms with Crippen LogP contribution in [0.3, 0.4) is 0 Å². The molecule has 1 aliphatic carbocycles. The van der Waals surface area contributed by atoms with Crippen LogP contribution in [-0.2, 0) is 0 Å². The van der Waals surface area contributed by atoms with E-state index in [0.29, 0.717) is 17.6 Å². The van der Waals surface area contributed by atoms with Gasteiger partial charge in [0.15, 0.2) is 0 Å². The molecule has 6 heteroatoms. The highest BCUT2D eigenvalue weighted by molar-refractivity contribution is 7.97. The van der Waals surface area contributed by atoms with Gasteiger partial charge in [0.25, 0.3) is 0 Å². The molecule has 22 heavy (non-hydrogen) atoms. The van der Waals surface area contributed by atoms with Crippen LogP contribution in [0.15, 0.2) is 18.5 Å². The number of hydrogen-bond donors (Lipinski definition) is 2. The Balaban J connectivity index is 1.72. The van der Waals surface area contributed by atoms with Gasteiger partial charge in [-0.15, -0.1) is 0 Å². The number of nitriles is 1. The molecule has 5 nitrogen and oxygen atoms in total. The lowest BCUT2D eigenvalue weighted by Gasteiger charge is -2.42. The summed E-state index contributed by atoms with van der Waals surface area (Å²) in [5.74, 6) is 1.16. The Morgan fingerprint density at radius 1 is 1.55 bits per heavy atom. The predicted octanol–water partition coefficient (Wildman–Crippen LogP) is 3.05. The van der Waals surface area contributed by atoms with Crippen molar-refractivity contribution in [3.8, 4) is 6.07 Å². The van der Waals surface area contributed by atoms with E-state index < -0.39 is 0 Å². The average Bonchev–Trinajstić information content (AvgIpc) is 2.96. The van der Waals surface area contributed by atoms with E-state index in [9.17, 15) is 5.26 Å². The summed E-state index contributed by atoms with van der Waals surface area (Å²) in [5, 5.41) is 10.4. The Labute approximate surface area is 135 Å². The Morgan fingerprint density at radius 2 is 2.36 bits per heavy atom. The van der Waals surface area contributed by atoms with Crippen LogP contribution < -0.4 is 9.62 Å². The number of anilines is 1. The minimum absolute atomic E-state index is 0.479. The van der Waals surface area contributed by atoms with Crippen LogP contribution in [0.25, 0.3) is 11.0 Å². The van der Waals surface area contributed by atoms with E-state index in [1.807, 2.05) is 24.2 Å². The van der Waals surface area contributed by atoms with Gasteiger partial charge in [-0.25, -0.2) is 4.98 Å². The Hall–Kier alpha value is -1.71. The van der Waals surface area contributed by atoms with E-state index >= 15 is 0 Å². The van der Waals surface area contributed by atoms with Gasteiger partial charge < -0.3 is 9.88 Å². The Morgan fingerprint density at radius 3 is 3.09 bits per heavy atom. The van der Waals surface area contributed by atoms with Crippen molar-refractivity contribution in [1.29, 1.82) is 5.26 Å². The van der Waals surface area contributed by atoms with Gasteiger partial charge in [-0.05, 0) is 25.3 Å². The molecule has 0 bridgehead atoms. The molecular weight excluding hydrogens is 294 g/mol. The van der Waals surface area contributed by atoms with Gasteiger partial charge in [0.1, 0.15) is 11.7 Å². The fourth-order valence-corrected chi connectivity index (χ4v) is 3.67. The number of hydrogen-bond acceptors (Lipinski definition) is 5. The van der Waals surface area contributed by atoms with Crippen molar-refractivity contribution in [2.24, 2.45) is 0 Å². The maximum atomic E-state index is 9.39. The van der Waals surface area contributed by atoms with Crippen LogP contribution in [0, 0.1) is 11.3 Å². The number of aromatic nitrogens is 2. The van der Waals surface area contributed by atoms with Crippen LogP contribution >= 0.6 is 11.9 Å². The molecule has 2 heterocycles. The van der Waals surface area contributed by atoms with Crippen molar-refractivity contribution in [2.45, 2.75) is 38.3 Å². The minimum atomic E-state index is 0.479. The largest absolute Gasteiger partial charge is 0.370 e. The van der Waals surface area contributed by atoms with Gasteiger partial charge in [0.2, 0.25) is 0 Å². The third-order valence-electron chi connectivity index (χ3n) is 4.25. The zero-order chi connectivity index (χ0) is 15.5. The smallest absolute Gasteiger partial charge is 0.139 e. The van der Waals surface area contributed by atoms with E-state index in [4.69, 9.17) is 0 Å². The fraction of sp³-hybridized carbons (Fsp3) is 0.500. The zero-order valence-electron chi connectivity index (χ0n) is 13.0. The maximum absolute atomic E-state index is 9.39. The van der Waals surface area contributed by atoms with Crippen molar-refractivity contribution >= 4 is 28.7 Å². The third-order valence-corrected chi connectivity index (χ3v) is 5.36. The molecular formula is C16H21N5S. The second-order valence-corrected chi connectivity index (χ2v) is 6.70. The highest BCUT2D eigenvalue weighted by Crippen LogP contribution is 2.35. The van der Waals surface area contributed by atoms with E-state index in [1.54, 1.807) is 6.20 Å². The first kappa shape index (κ1) is 15.2. The molecule has 2 aromatic rings. The number of H-pyrrole nitrogens is 1. The summed E-state index contributed by atoms with van der Waals surface area (Å²) >= 11 is 1.82. The average molecular weight is 315 g/mol. The molecule has 3 rings (SSSR count). The lowest BCUT2D eigenvalue weighted by molar-refractivity contribution is 0.324. The maximum Gasteiger partial charge on any atom is 0.139 e. The zero-order valence-corrected chi connectivity index (χ0v) is 13.8. The lowest BCUT2D eigenvalue weighted by atomic mass is 9.86. The molecule has 0 spiro atoms. The molecule has 0 aliphatic heterocycles. The summed E-state index contributed by atoms with van der Waals surface area (Å²) in [6.07, 6.45) is 6.97. The van der Waals surface area contributed by atoms with Gasteiger partial charge in [-0.2, -0.15) is 5.26 Å². The second-order valence-electron chi connectivity index (χ2n) is 5.77. The minimum Gasteiger partial charge on any atom is -0.370 e. The Kier molecular flexibility index (Phi) is 4.55. The topological polar surface area (TPSA) is 67.7 Å². The summed E-state index contributed by atoms with van der Waals surface area (Å²) in [6, 6.07) is 5.34. The molecule has 1 aliphatic rings. The van der Waals surface area contributed by atoms with E-state index in [-0.39, 0.29) is 0 Å². The monoisotopic (exact) mass is 315 g/mol. The first-order valence-corrected chi connectivity index (χ1v) is 8.69. The quantitative estimate of drug-likeness (QED) is 0.633. The van der Waals surface area contributed by atoms with Crippen molar-refractivity contribution in [3.05, 3.63) is 24.0 Å². The second kappa shape index (κ2) is 6.59. The van der Waals surface area contributed by atoms with Gasteiger partial charge in [0, 0.05) is 42.7 Å². The number of aromatic amines is 1. The molecule has 0 atom stereocenters. The van der Waals surface area contributed by atoms with E-state index in [1.165, 1.54) is 6.42 Å². The van der Waals surface area contributed by atoms with Gasteiger partial charge >= 0.3 is 0 Å². The first-order chi connectivity index (χ1) is 10.7. The predicted molar refractivity (Wildman–Crippen MR) is 91.9 cm³/mol. The summed E-state index contributed by atoms with van der Waals surface area (Å²) in [4.78, 5) is 9.67. The molecule has 0 radical (unpaired) electrons. The third kappa shape index (κ3) is 2.79. The lowest BCUT2D eigenvalue weighted by Crippen LogP contribution is -2.50. The molecule has 0 unspecified atom stereocenters. The highest BCUT2D eigenvalue weighted by Gasteiger charge is 2.33. The SMILES string of the molecule is CCCSN[C@H]1C[C@@H](N(C)c2c(C#N)cnc3[nH]ccc23)C1. The van der Waals surface area contributed by atoms with Gasteiger partial charge in [-0.3, -0.25) is 4.72 Å². The normalized spacial score (nSPS) is 20.6. The van der Waals surface area contributed by atoms with Crippen LogP contribution in [0.5, 0.6) is 0 Å². The van der Waals surface area contributed by atoms with Crippen LogP contribution in [0.4, 0.5) is 5.69 Å². The summed E-state index contributed by atoms with van der Waals surface area (Å²) < 4.78 is 3.52. The van der Waals surface area contributed by atoms with E-state index in [0.717, 1.165) is 35.3 Å². The molecule has 0 amide bonds. The number of fused-ring (bicyclic) bond motifs is 1. The van der Waals surface area contributed by atoms with Crippen molar-refractivity contribution in [3.63, 3.8) is 0 Å². The fourth-order valence-electron chi connectivity index (χ4n) is 2.92. The van der Waals surface area contributed by atoms with Gasteiger partial charge in [-0.1, -0.05) is 18.9 Å². The number of pyridine rings is 1. The van der Waals surface area contributed by atoms with Crippen LogP contribution in [0.1, 0.15) is 31.7 Å². The summed E-state index contributed by atoms with van der Waals surface area (Å²) in [6.45, 7) is 2.20. The van der Waals surface area contributed by atoms with Crippen LogP contribution in [0.2, 0.25) is 0 Å². The number of nitrogens with zero attached hydrogens (tertiary/aromatic N) is 3. The molecule has 116 valence electrons. The standard InChI is InChI=1S/C16H21N5S/c1-3-6-22-20-12-7-13(8-12)21(2)15-11(9-17)10-19-16-14(15)4-5-18-16/h4-5,10,12-13,20H,3,6-8H2,1-2H3,(H,18,19)/t12-,13+. The summed E-state index contributed by atoms with van der Waals surface area (Å²) in [5.41, 5.74) is 2.48. The highest BCUT2D eigenvalue weighted by atomic mass is 32.2. The molecule has 2 N–H and O–H groups in total. The first-order valence-electron chi connectivity index (χ1n) is 7.71. The van der Waals surface area contributed by atoms with Crippen molar-refractivity contribution in [1.82, 2.24) is 14.7 Å². The summed E-state index contributed by atoms with van der Waals surface area (Å²) in [7, 11) is 2.09. The number of nitrogens with one attached hydrogen (secondary N) is 2. The molecule has 2 aromatic heterocycles. The molecule has 1 saturated carbocycles.